The van der Waals surface area contributed by atoms with Crippen molar-refractivity contribution < 1.29 is 4.74 Å². The Bertz CT molecular complexity index is 460. The van der Waals surface area contributed by atoms with Gasteiger partial charge in [0.05, 0.1) is 19.2 Å². The Morgan fingerprint density at radius 1 is 1.30 bits per heavy atom. The summed E-state index contributed by atoms with van der Waals surface area (Å²) >= 11 is 0. The SMILES string of the molecule is CC(C)(C)CCOc1ccc(C2=NCC(CN)N2)cc1. The van der Waals surface area contributed by atoms with E-state index >= 15 is 0 Å². The molecule has 0 bridgehead atoms. The Balaban J connectivity index is 1.87. The van der Waals surface area contributed by atoms with Crippen LogP contribution in [0, 0.1) is 5.41 Å². The highest BCUT2D eigenvalue weighted by Gasteiger charge is 2.16. The zero-order valence-corrected chi connectivity index (χ0v) is 12.6. The van der Waals surface area contributed by atoms with Gasteiger partial charge in [0.25, 0.3) is 0 Å². The lowest BCUT2D eigenvalue weighted by Crippen LogP contribution is -2.36. The largest absolute Gasteiger partial charge is 0.494 e. The van der Waals surface area contributed by atoms with Crippen molar-refractivity contribution in [1.82, 2.24) is 5.32 Å². The topological polar surface area (TPSA) is 59.6 Å². The maximum absolute atomic E-state index is 5.76. The van der Waals surface area contributed by atoms with E-state index in [1.165, 1.54) is 0 Å². The van der Waals surface area contributed by atoms with E-state index in [4.69, 9.17) is 10.5 Å². The number of nitrogens with two attached hydrogens (primary N) is 1. The first-order valence-corrected chi connectivity index (χ1v) is 7.22. The smallest absolute Gasteiger partial charge is 0.128 e. The second-order valence-electron chi connectivity index (χ2n) is 6.45. The first kappa shape index (κ1) is 14.9. The Kier molecular flexibility index (Phi) is 4.65. The molecule has 0 fully saturated rings. The molecule has 2 rings (SSSR count). The molecule has 0 saturated carbocycles. The van der Waals surface area contributed by atoms with Gasteiger partial charge < -0.3 is 15.8 Å². The number of aliphatic imine (C=N–C) groups is 1. The van der Waals surface area contributed by atoms with Gasteiger partial charge in [-0.25, -0.2) is 0 Å². The van der Waals surface area contributed by atoms with Gasteiger partial charge in [-0.3, -0.25) is 4.99 Å². The molecule has 0 amide bonds. The van der Waals surface area contributed by atoms with Crippen LogP contribution in [0.25, 0.3) is 0 Å². The van der Waals surface area contributed by atoms with E-state index in [1.54, 1.807) is 0 Å². The number of hydrogen-bond donors (Lipinski definition) is 2. The highest BCUT2D eigenvalue weighted by Crippen LogP contribution is 2.20. The summed E-state index contributed by atoms with van der Waals surface area (Å²) in [4.78, 5) is 4.47. The third-order valence-corrected chi connectivity index (χ3v) is 3.34. The maximum Gasteiger partial charge on any atom is 0.128 e. The van der Waals surface area contributed by atoms with Crippen LogP contribution < -0.4 is 15.8 Å². The molecule has 0 radical (unpaired) electrons. The first-order valence-electron chi connectivity index (χ1n) is 7.22. The molecule has 1 aromatic carbocycles. The predicted octanol–water partition coefficient (Wildman–Crippen LogP) is 2.18. The van der Waals surface area contributed by atoms with Crippen molar-refractivity contribution in [3.63, 3.8) is 0 Å². The van der Waals surface area contributed by atoms with E-state index in [9.17, 15) is 0 Å². The minimum Gasteiger partial charge on any atom is -0.494 e. The fourth-order valence-electron chi connectivity index (χ4n) is 1.98. The molecule has 110 valence electrons. The predicted molar refractivity (Wildman–Crippen MR) is 83.4 cm³/mol. The van der Waals surface area contributed by atoms with Crippen LogP contribution in [0.5, 0.6) is 5.75 Å². The summed E-state index contributed by atoms with van der Waals surface area (Å²) < 4.78 is 5.76. The van der Waals surface area contributed by atoms with Crippen molar-refractivity contribution in [3.05, 3.63) is 29.8 Å². The molecule has 1 heterocycles. The van der Waals surface area contributed by atoms with Crippen molar-refractivity contribution in [2.75, 3.05) is 19.7 Å². The Hall–Kier alpha value is -1.55. The fourth-order valence-corrected chi connectivity index (χ4v) is 1.98. The van der Waals surface area contributed by atoms with E-state index < -0.39 is 0 Å². The number of ether oxygens (including phenoxy) is 1. The Morgan fingerprint density at radius 2 is 2.00 bits per heavy atom. The quantitative estimate of drug-likeness (QED) is 0.866. The van der Waals surface area contributed by atoms with Gasteiger partial charge in [0.2, 0.25) is 0 Å². The number of rotatable bonds is 5. The molecule has 1 unspecified atom stereocenters. The van der Waals surface area contributed by atoms with Gasteiger partial charge in [0.15, 0.2) is 0 Å². The van der Waals surface area contributed by atoms with Gasteiger partial charge in [-0.05, 0) is 36.1 Å². The molecule has 3 N–H and O–H groups in total. The second-order valence-corrected chi connectivity index (χ2v) is 6.45. The zero-order valence-electron chi connectivity index (χ0n) is 12.6. The summed E-state index contributed by atoms with van der Waals surface area (Å²) in [5, 5.41) is 3.32. The third-order valence-electron chi connectivity index (χ3n) is 3.34. The molecular formula is C16H25N3O. The average Bonchev–Trinajstić information content (AvgIpc) is 2.87. The van der Waals surface area contributed by atoms with Crippen molar-refractivity contribution in [1.29, 1.82) is 0 Å². The lowest BCUT2D eigenvalue weighted by Gasteiger charge is -2.18. The fraction of sp³-hybridized carbons (Fsp3) is 0.562. The molecular weight excluding hydrogens is 250 g/mol. The summed E-state index contributed by atoms with van der Waals surface area (Å²) in [5.74, 6) is 1.84. The second kappa shape index (κ2) is 6.27. The minimum absolute atomic E-state index is 0.271. The number of nitrogens with zero attached hydrogens (tertiary/aromatic N) is 1. The van der Waals surface area contributed by atoms with E-state index in [2.05, 4.69) is 31.1 Å². The van der Waals surface area contributed by atoms with Crippen LogP contribution in [0.15, 0.2) is 29.3 Å². The van der Waals surface area contributed by atoms with Gasteiger partial charge in [-0.1, -0.05) is 20.8 Å². The molecule has 4 heteroatoms. The van der Waals surface area contributed by atoms with E-state index in [0.717, 1.165) is 36.7 Å². The van der Waals surface area contributed by atoms with Crippen molar-refractivity contribution in [3.8, 4) is 5.75 Å². The lowest BCUT2D eigenvalue weighted by atomic mass is 9.93. The number of benzene rings is 1. The lowest BCUT2D eigenvalue weighted by molar-refractivity contribution is 0.243. The van der Waals surface area contributed by atoms with Crippen LogP contribution in [0.4, 0.5) is 0 Å². The Morgan fingerprint density at radius 3 is 2.55 bits per heavy atom. The number of amidine groups is 1. The summed E-state index contributed by atoms with van der Waals surface area (Å²) in [7, 11) is 0. The molecule has 4 nitrogen and oxygen atoms in total. The highest BCUT2D eigenvalue weighted by atomic mass is 16.5. The normalized spacial score (nSPS) is 18.6. The molecule has 0 aliphatic carbocycles. The third kappa shape index (κ3) is 4.23. The minimum atomic E-state index is 0.271. The van der Waals surface area contributed by atoms with Gasteiger partial charge in [0, 0.05) is 12.1 Å². The van der Waals surface area contributed by atoms with Crippen LogP contribution in [-0.2, 0) is 0 Å². The van der Waals surface area contributed by atoms with E-state index in [0.29, 0.717) is 12.0 Å². The molecule has 0 saturated heterocycles. The van der Waals surface area contributed by atoms with Crippen LogP contribution in [0.2, 0.25) is 0 Å². The standard InChI is InChI=1S/C16H25N3O/c1-16(2,3)8-9-20-14-6-4-12(5-7-14)15-18-11-13(10-17)19-15/h4-7,13H,8-11,17H2,1-3H3,(H,18,19). The molecule has 1 aromatic rings. The van der Waals surface area contributed by atoms with Gasteiger partial charge in [-0.2, -0.15) is 0 Å². The van der Waals surface area contributed by atoms with Crippen LogP contribution >= 0.6 is 0 Å². The maximum atomic E-state index is 5.76. The molecule has 1 atom stereocenters. The van der Waals surface area contributed by atoms with Crippen molar-refractivity contribution >= 4 is 5.84 Å². The number of hydrogen-bond acceptors (Lipinski definition) is 4. The molecule has 1 aliphatic rings. The summed E-state index contributed by atoms with van der Waals surface area (Å²) in [6.45, 7) is 8.78. The zero-order chi connectivity index (χ0) is 14.6. The van der Waals surface area contributed by atoms with Crippen molar-refractivity contribution in [2.24, 2.45) is 16.1 Å². The molecule has 1 aliphatic heterocycles. The first-order chi connectivity index (χ1) is 9.48. The molecule has 20 heavy (non-hydrogen) atoms. The van der Waals surface area contributed by atoms with E-state index in [1.807, 2.05) is 24.3 Å². The Labute approximate surface area is 121 Å². The van der Waals surface area contributed by atoms with Crippen LogP contribution in [0.1, 0.15) is 32.8 Å². The highest BCUT2D eigenvalue weighted by molar-refractivity contribution is 6.00. The van der Waals surface area contributed by atoms with Crippen LogP contribution in [0.3, 0.4) is 0 Å². The summed E-state index contributed by atoms with van der Waals surface area (Å²) in [6.07, 6.45) is 1.04. The summed E-state index contributed by atoms with van der Waals surface area (Å²) in [5.41, 5.74) is 7.02. The van der Waals surface area contributed by atoms with Gasteiger partial charge >= 0.3 is 0 Å². The van der Waals surface area contributed by atoms with Gasteiger partial charge in [-0.15, -0.1) is 0 Å². The number of nitrogens with one attached hydrogen (secondary N) is 1. The average molecular weight is 275 g/mol. The van der Waals surface area contributed by atoms with Crippen LogP contribution in [-0.4, -0.2) is 31.6 Å². The van der Waals surface area contributed by atoms with Crippen molar-refractivity contribution in [2.45, 2.75) is 33.2 Å². The monoisotopic (exact) mass is 275 g/mol. The van der Waals surface area contributed by atoms with E-state index in [-0.39, 0.29) is 6.04 Å². The molecule has 0 aromatic heterocycles. The molecule has 0 spiro atoms. The van der Waals surface area contributed by atoms with Gasteiger partial charge in [0.1, 0.15) is 11.6 Å². The summed E-state index contributed by atoms with van der Waals surface area (Å²) in [6, 6.07) is 8.34.